The fraction of sp³-hybridized carbons (Fsp3) is 0.150. The van der Waals surface area contributed by atoms with Crippen LogP contribution in [0.25, 0.3) is 23.1 Å². The predicted octanol–water partition coefficient (Wildman–Crippen LogP) is 0.856. The SMILES string of the molecule is COc1ccc(C=Cc2ccc3ccccc3[n+]2C)c(OC)c1.[I-]. The molecule has 0 unspecified atom stereocenters. The smallest absolute Gasteiger partial charge is 0.212 e. The lowest BCUT2D eigenvalue weighted by Crippen LogP contribution is -3.00. The monoisotopic (exact) mass is 433 g/mol. The number of aromatic nitrogens is 1. The number of halogens is 1. The lowest BCUT2D eigenvalue weighted by atomic mass is 10.1. The van der Waals surface area contributed by atoms with E-state index in [1.807, 2.05) is 18.2 Å². The Morgan fingerprint density at radius 3 is 2.42 bits per heavy atom. The van der Waals surface area contributed by atoms with E-state index in [9.17, 15) is 0 Å². The summed E-state index contributed by atoms with van der Waals surface area (Å²) in [6.07, 6.45) is 4.15. The van der Waals surface area contributed by atoms with Crippen LogP contribution in [0.2, 0.25) is 0 Å². The molecule has 0 bridgehead atoms. The number of hydrogen-bond acceptors (Lipinski definition) is 2. The van der Waals surface area contributed by atoms with Gasteiger partial charge in [0.05, 0.1) is 14.2 Å². The number of fused-ring (bicyclic) bond motifs is 1. The van der Waals surface area contributed by atoms with E-state index >= 15 is 0 Å². The molecule has 0 spiro atoms. The first-order valence-corrected chi connectivity index (χ1v) is 7.51. The Bertz CT molecular complexity index is 875. The summed E-state index contributed by atoms with van der Waals surface area (Å²) in [5.74, 6) is 1.58. The topological polar surface area (TPSA) is 22.3 Å². The van der Waals surface area contributed by atoms with Crippen LogP contribution in [0.5, 0.6) is 11.5 Å². The summed E-state index contributed by atoms with van der Waals surface area (Å²) in [6.45, 7) is 0. The van der Waals surface area contributed by atoms with Crippen molar-refractivity contribution in [2.75, 3.05) is 14.2 Å². The number of ether oxygens (including phenoxy) is 2. The van der Waals surface area contributed by atoms with Crippen molar-refractivity contribution in [3.05, 3.63) is 65.9 Å². The van der Waals surface area contributed by atoms with E-state index < -0.39 is 0 Å². The van der Waals surface area contributed by atoms with Crippen LogP contribution in [0, 0.1) is 0 Å². The van der Waals surface area contributed by atoms with E-state index in [1.165, 1.54) is 10.9 Å². The van der Waals surface area contributed by atoms with E-state index in [4.69, 9.17) is 9.47 Å². The van der Waals surface area contributed by atoms with Crippen molar-refractivity contribution in [1.82, 2.24) is 0 Å². The quantitative estimate of drug-likeness (QED) is 0.450. The minimum absolute atomic E-state index is 0. The second-order valence-corrected chi connectivity index (χ2v) is 5.32. The third kappa shape index (κ3) is 3.70. The van der Waals surface area contributed by atoms with Gasteiger partial charge in [0.1, 0.15) is 18.5 Å². The molecule has 0 aliphatic heterocycles. The average molecular weight is 433 g/mol. The summed E-state index contributed by atoms with van der Waals surface area (Å²) in [4.78, 5) is 0. The molecule has 0 saturated heterocycles. The lowest BCUT2D eigenvalue weighted by Gasteiger charge is -2.07. The van der Waals surface area contributed by atoms with Crippen molar-refractivity contribution < 1.29 is 38.0 Å². The number of methoxy groups -OCH3 is 2. The zero-order chi connectivity index (χ0) is 16.2. The van der Waals surface area contributed by atoms with Gasteiger partial charge in [-0.3, -0.25) is 0 Å². The van der Waals surface area contributed by atoms with Gasteiger partial charge in [-0.15, -0.1) is 0 Å². The molecule has 0 aliphatic carbocycles. The van der Waals surface area contributed by atoms with Gasteiger partial charge in [0, 0.05) is 35.2 Å². The highest BCUT2D eigenvalue weighted by Gasteiger charge is 2.09. The van der Waals surface area contributed by atoms with Crippen LogP contribution in [-0.4, -0.2) is 14.2 Å². The molecule has 24 heavy (non-hydrogen) atoms. The summed E-state index contributed by atoms with van der Waals surface area (Å²) in [7, 11) is 5.40. The molecule has 0 N–H and O–H groups in total. The van der Waals surface area contributed by atoms with Crippen LogP contribution < -0.4 is 38.0 Å². The van der Waals surface area contributed by atoms with Crippen molar-refractivity contribution in [1.29, 1.82) is 0 Å². The van der Waals surface area contributed by atoms with Gasteiger partial charge in [-0.05, 0) is 30.3 Å². The van der Waals surface area contributed by atoms with Gasteiger partial charge < -0.3 is 33.5 Å². The predicted molar refractivity (Wildman–Crippen MR) is 93.6 cm³/mol. The second-order valence-electron chi connectivity index (χ2n) is 5.32. The zero-order valence-corrected chi connectivity index (χ0v) is 16.2. The first-order chi connectivity index (χ1) is 11.2. The largest absolute Gasteiger partial charge is 1.00 e. The van der Waals surface area contributed by atoms with Crippen LogP contribution in [-0.2, 0) is 7.05 Å². The van der Waals surface area contributed by atoms with E-state index in [-0.39, 0.29) is 24.0 Å². The Balaban J connectivity index is 0.00000208. The fourth-order valence-electron chi connectivity index (χ4n) is 2.66. The summed E-state index contributed by atoms with van der Waals surface area (Å²) in [5.41, 5.74) is 3.35. The van der Waals surface area contributed by atoms with Crippen molar-refractivity contribution in [2.45, 2.75) is 0 Å². The van der Waals surface area contributed by atoms with Gasteiger partial charge >= 0.3 is 0 Å². The van der Waals surface area contributed by atoms with Crippen LogP contribution in [0.3, 0.4) is 0 Å². The Labute approximate surface area is 159 Å². The van der Waals surface area contributed by atoms with E-state index in [0.717, 1.165) is 22.8 Å². The molecule has 1 heterocycles. The molecule has 0 saturated carbocycles. The molecular formula is C20H20INO2. The number of hydrogen-bond donors (Lipinski definition) is 0. The van der Waals surface area contributed by atoms with Crippen LogP contribution in [0.4, 0.5) is 0 Å². The fourth-order valence-corrected chi connectivity index (χ4v) is 2.66. The molecular weight excluding hydrogens is 413 g/mol. The Hall–Kier alpha value is -2.08. The molecule has 0 aliphatic rings. The Kier molecular flexibility index (Phi) is 6.20. The number of nitrogens with zero attached hydrogens (tertiary/aromatic N) is 1. The number of para-hydroxylation sites is 1. The van der Waals surface area contributed by atoms with Gasteiger partial charge in [-0.2, -0.15) is 4.57 Å². The standard InChI is InChI=1S/C20H20NO2.HI/c1-21-17(11-8-15-6-4-5-7-19(15)21)12-9-16-10-13-18(22-2)14-20(16)23-3;/h4-14H,1-3H3;1H/q+1;/p-1. The molecule has 3 nitrogen and oxygen atoms in total. The number of rotatable bonds is 4. The summed E-state index contributed by atoms with van der Waals surface area (Å²) >= 11 is 0. The van der Waals surface area contributed by atoms with E-state index in [1.54, 1.807) is 14.2 Å². The Morgan fingerprint density at radius 1 is 0.875 bits per heavy atom. The van der Waals surface area contributed by atoms with Crippen LogP contribution in [0.1, 0.15) is 11.3 Å². The summed E-state index contributed by atoms with van der Waals surface area (Å²) in [5, 5.41) is 1.23. The van der Waals surface area contributed by atoms with Crippen LogP contribution in [0.15, 0.2) is 54.6 Å². The minimum Gasteiger partial charge on any atom is -1.00 e. The number of pyridine rings is 1. The number of benzene rings is 2. The van der Waals surface area contributed by atoms with Gasteiger partial charge in [0.15, 0.2) is 0 Å². The summed E-state index contributed by atoms with van der Waals surface area (Å²) in [6, 6.07) is 18.4. The molecule has 0 fully saturated rings. The summed E-state index contributed by atoms with van der Waals surface area (Å²) < 4.78 is 12.9. The highest BCUT2D eigenvalue weighted by molar-refractivity contribution is 5.77. The molecule has 1 aromatic heterocycles. The lowest BCUT2D eigenvalue weighted by molar-refractivity contribution is -0.646. The molecule has 0 amide bonds. The normalized spacial score (nSPS) is 10.6. The third-order valence-corrected chi connectivity index (χ3v) is 3.99. The molecule has 4 heteroatoms. The van der Waals surface area contributed by atoms with Crippen molar-refractivity contribution in [2.24, 2.45) is 7.05 Å². The van der Waals surface area contributed by atoms with Gasteiger partial charge in [0.2, 0.25) is 11.2 Å². The maximum atomic E-state index is 5.44. The van der Waals surface area contributed by atoms with Gasteiger partial charge in [-0.25, -0.2) is 0 Å². The maximum Gasteiger partial charge on any atom is 0.212 e. The van der Waals surface area contributed by atoms with Crippen molar-refractivity contribution >= 4 is 23.1 Å². The molecule has 0 radical (unpaired) electrons. The molecule has 2 aromatic carbocycles. The van der Waals surface area contributed by atoms with Gasteiger partial charge in [-0.1, -0.05) is 12.1 Å². The number of aryl methyl sites for hydroxylation is 1. The van der Waals surface area contributed by atoms with Gasteiger partial charge in [0.25, 0.3) is 0 Å². The average Bonchev–Trinajstić information content (AvgIpc) is 2.61. The van der Waals surface area contributed by atoms with Crippen LogP contribution >= 0.6 is 0 Å². The minimum atomic E-state index is 0. The van der Waals surface area contributed by atoms with Crippen molar-refractivity contribution in [3.8, 4) is 11.5 Å². The first-order valence-electron chi connectivity index (χ1n) is 7.51. The Morgan fingerprint density at radius 2 is 1.67 bits per heavy atom. The molecule has 3 aromatic rings. The zero-order valence-electron chi connectivity index (χ0n) is 14.0. The van der Waals surface area contributed by atoms with E-state index in [0.29, 0.717) is 0 Å². The third-order valence-electron chi connectivity index (χ3n) is 3.99. The highest BCUT2D eigenvalue weighted by Crippen LogP contribution is 2.26. The molecule has 3 rings (SSSR count). The molecule has 124 valence electrons. The first kappa shape index (κ1) is 18.3. The van der Waals surface area contributed by atoms with Crippen molar-refractivity contribution in [3.63, 3.8) is 0 Å². The highest BCUT2D eigenvalue weighted by atomic mass is 127. The maximum absolute atomic E-state index is 5.44. The molecule has 0 atom stereocenters. The van der Waals surface area contributed by atoms with E-state index in [2.05, 4.69) is 60.2 Å². The second kappa shape index (κ2) is 8.15.